The average Bonchev–Trinajstić information content (AvgIpc) is 2.89. The summed E-state index contributed by atoms with van der Waals surface area (Å²) in [5, 5.41) is 10.1. The molecular weight excluding hydrogens is 272 g/mol. The fraction of sp³-hybridized carbons (Fsp3) is 0.538. The van der Waals surface area contributed by atoms with Crippen LogP contribution in [0.25, 0.3) is 0 Å². The van der Waals surface area contributed by atoms with Crippen LogP contribution in [0.4, 0.5) is 11.6 Å². The fourth-order valence-electron chi connectivity index (χ4n) is 1.70. The summed E-state index contributed by atoms with van der Waals surface area (Å²) in [7, 11) is 0. The Morgan fingerprint density at radius 2 is 1.90 bits per heavy atom. The molecule has 8 heteroatoms. The molecule has 0 aliphatic rings. The lowest BCUT2D eigenvalue weighted by Crippen LogP contribution is -2.09. The summed E-state index contributed by atoms with van der Waals surface area (Å²) in [5.74, 6) is 3.19. The monoisotopic (exact) mass is 292 g/mol. The van der Waals surface area contributed by atoms with Crippen molar-refractivity contribution in [3.63, 3.8) is 0 Å². The van der Waals surface area contributed by atoms with Gasteiger partial charge in [0.2, 0.25) is 5.89 Å². The maximum Gasteiger partial charge on any atom is 0.245 e. The third-order valence-corrected chi connectivity index (χ3v) is 2.56. The topological polar surface area (TPSA) is 98.0 Å². The molecule has 0 fully saturated rings. The average molecular weight is 292 g/mol. The van der Waals surface area contributed by atoms with Gasteiger partial charge in [0.25, 0.3) is 0 Å². The summed E-state index contributed by atoms with van der Waals surface area (Å²) in [6.07, 6.45) is 0. The molecule has 0 bridgehead atoms. The summed E-state index contributed by atoms with van der Waals surface area (Å²) in [5.41, 5.74) is 0. The molecule has 0 saturated heterocycles. The van der Waals surface area contributed by atoms with Gasteiger partial charge in [-0.3, -0.25) is 0 Å². The van der Waals surface area contributed by atoms with Gasteiger partial charge in [0, 0.05) is 19.2 Å². The van der Waals surface area contributed by atoms with Gasteiger partial charge in [0.15, 0.2) is 11.6 Å². The molecule has 2 N–H and O–H groups in total. The van der Waals surface area contributed by atoms with Crippen molar-refractivity contribution in [3.05, 3.63) is 23.6 Å². The predicted octanol–water partition coefficient (Wildman–Crippen LogP) is 1.75. The fourth-order valence-corrected chi connectivity index (χ4v) is 1.70. The largest absolute Gasteiger partial charge is 0.374 e. The molecule has 0 aromatic carbocycles. The lowest BCUT2D eigenvalue weighted by molar-refractivity contribution is 0.128. The quantitative estimate of drug-likeness (QED) is 0.759. The second-order valence-electron chi connectivity index (χ2n) is 4.31. The van der Waals surface area contributed by atoms with Gasteiger partial charge in [-0.05, 0) is 20.8 Å². The van der Waals surface area contributed by atoms with Crippen molar-refractivity contribution in [2.24, 2.45) is 0 Å². The van der Waals surface area contributed by atoms with Gasteiger partial charge in [0.1, 0.15) is 18.2 Å². The van der Waals surface area contributed by atoms with Crippen molar-refractivity contribution < 1.29 is 9.26 Å². The van der Waals surface area contributed by atoms with Gasteiger partial charge < -0.3 is 19.9 Å². The van der Waals surface area contributed by atoms with Crippen LogP contribution in [0.15, 0.2) is 10.6 Å². The Balaban J connectivity index is 2.07. The Kier molecular flexibility index (Phi) is 5.44. The molecule has 0 aliphatic carbocycles. The Hall–Kier alpha value is -2.22. The first-order chi connectivity index (χ1) is 10.2. The van der Waals surface area contributed by atoms with E-state index in [9.17, 15) is 0 Å². The summed E-state index contributed by atoms with van der Waals surface area (Å²) >= 11 is 0. The molecule has 0 unspecified atom stereocenters. The minimum Gasteiger partial charge on any atom is -0.374 e. The predicted molar refractivity (Wildman–Crippen MR) is 77.9 cm³/mol. The number of anilines is 2. The van der Waals surface area contributed by atoms with E-state index in [0.29, 0.717) is 43.1 Å². The third kappa shape index (κ3) is 4.67. The second kappa shape index (κ2) is 7.53. The maximum atomic E-state index is 5.35. The molecular formula is C13H20N6O2. The van der Waals surface area contributed by atoms with E-state index in [0.717, 1.165) is 12.4 Å². The summed E-state index contributed by atoms with van der Waals surface area (Å²) in [6.45, 7) is 7.93. The van der Waals surface area contributed by atoms with Gasteiger partial charge in [-0.1, -0.05) is 5.16 Å². The maximum absolute atomic E-state index is 5.35. The molecule has 0 radical (unpaired) electrons. The van der Waals surface area contributed by atoms with Crippen molar-refractivity contribution in [2.75, 3.05) is 23.8 Å². The number of rotatable bonds is 8. The highest BCUT2D eigenvalue weighted by Gasteiger charge is 2.07. The summed E-state index contributed by atoms with van der Waals surface area (Å²) < 4.78 is 10.4. The zero-order valence-corrected chi connectivity index (χ0v) is 12.5. The Labute approximate surface area is 123 Å². The number of ether oxygens (including phenoxy) is 1. The highest BCUT2D eigenvalue weighted by Crippen LogP contribution is 2.13. The first kappa shape index (κ1) is 15.2. The van der Waals surface area contributed by atoms with E-state index >= 15 is 0 Å². The SMILES string of the molecule is CCNc1cc(NCc2nc(C)no2)nc(COCC)n1. The highest BCUT2D eigenvalue weighted by molar-refractivity contribution is 5.47. The smallest absolute Gasteiger partial charge is 0.245 e. The van der Waals surface area contributed by atoms with E-state index in [1.165, 1.54) is 0 Å². The Morgan fingerprint density at radius 1 is 1.14 bits per heavy atom. The number of hydrogen-bond acceptors (Lipinski definition) is 8. The second-order valence-corrected chi connectivity index (χ2v) is 4.31. The molecule has 0 spiro atoms. The number of nitrogens with zero attached hydrogens (tertiary/aromatic N) is 4. The van der Waals surface area contributed by atoms with Crippen LogP contribution < -0.4 is 10.6 Å². The first-order valence-corrected chi connectivity index (χ1v) is 6.94. The number of nitrogens with one attached hydrogen (secondary N) is 2. The van der Waals surface area contributed by atoms with Crippen LogP contribution in [-0.2, 0) is 17.9 Å². The van der Waals surface area contributed by atoms with E-state index in [1.807, 2.05) is 19.9 Å². The van der Waals surface area contributed by atoms with E-state index in [-0.39, 0.29) is 0 Å². The molecule has 0 atom stereocenters. The minimum atomic E-state index is 0.379. The molecule has 21 heavy (non-hydrogen) atoms. The van der Waals surface area contributed by atoms with Crippen molar-refractivity contribution >= 4 is 11.6 Å². The highest BCUT2D eigenvalue weighted by atomic mass is 16.5. The van der Waals surface area contributed by atoms with Crippen molar-refractivity contribution in [2.45, 2.75) is 33.9 Å². The Bertz CT molecular complexity index is 572. The molecule has 8 nitrogen and oxygen atoms in total. The van der Waals surface area contributed by atoms with Crippen LogP contribution in [0.3, 0.4) is 0 Å². The van der Waals surface area contributed by atoms with Gasteiger partial charge in [-0.2, -0.15) is 4.98 Å². The zero-order chi connectivity index (χ0) is 15.1. The first-order valence-electron chi connectivity index (χ1n) is 6.94. The van der Waals surface area contributed by atoms with E-state index in [2.05, 4.69) is 30.7 Å². The number of aromatic nitrogens is 4. The molecule has 2 rings (SSSR count). The van der Waals surface area contributed by atoms with Gasteiger partial charge in [-0.15, -0.1) is 0 Å². The van der Waals surface area contributed by atoms with E-state index in [4.69, 9.17) is 9.26 Å². The van der Waals surface area contributed by atoms with Crippen LogP contribution >= 0.6 is 0 Å². The molecule has 0 amide bonds. The van der Waals surface area contributed by atoms with Crippen LogP contribution in [0.1, 0.15) is 31.4 Å². The number of hydrogen-bond donors (Lipinski definition) is 2. The van der Waals surface area contributed by atoms with Gasteiger partial charge in [-0.25, -0.2) is 9.97 Å². The van der Waals surface area contributed by atoms with E-state index < -0.39 is 0 Å². The van der Waals surface area contributed by atoms with Crippen LogP contribution in [0.2, 0.25) is 0 Å². The van der Waals surface area contributed by atoms with Gasteiger partial charge in [0.05, 0.1) is 6.54 Å². The summed E-state index contributed by atoms with van der Waals surface area (Å²) in [6, 6.07) is 1.84. The molecule has 2 heterocycles. The standard InChI is InChI=1S/C13H20N6O2/c1-4-14-10-6-11(18-12(17-10)8-20-5-2)15-7-13-16-9(3)19-21-13/h6H,4-5,7-8H2,1-3H3,(H2,14,15,17,18). The Morgan fingerprint density at radius 3 is 2.52 bits per heavy atom. The number of aryl methyl sites for hydroxylation is 1. The molecule has 114 valence electrons. The van der Waals surface area contributed by atoms with Crippen LogP contribution in [0, 0.1) is 6.92 Å². The molecule has 2 aromatic rings. The lowest BCUT2D eigenvalue weighted by Gasteiger charge is -2.09. The van der Waals surface area contributed by atoms with Crippen LogP contribution in [-0.4, -0.2) is 33.3 Å². The third-order valence-electron chi connectivity index (χ3n) is 2.56. The summed E-state index contributed by atoms with van der Waals surface area (Å²) in [4.78, 5) is 12.9. The van der Waals surface area contributed by atoms with Crippen molar-refractivity contribution in [3.8, 4) is 0 Å². The lowest BCUT2D eigenvalue weighted by atomic mass is 10.4. The molecule has 0 saturated carbocycles. The van der Waals surface area contributed by atoms with Crippen LogP contribution in [0.5, 0.6) is 0 Å². The normalized spacial score (nSPS) is 10.6. The van der Waals surface area contributed by atoms with Crippen molar-refractivity contribution in [1.29, 1.82) is 0 Å². The molecule has 0 aliphatic heterocycles. The van der Waals surface area contributed by atoms with Crippen molar-refractivity contribution in [1.82, 2.24) is 20.1 Å². The zero-order valence-electron chi connectivity index (χ0n) is 12.5. The molecule has 2 aromatic heterocycles. The van der Waals surface area contributed by atoms with E-state index in [1.54, 1.807) is 6.92 Å². The van der Waals surface area contributed by atoms with Gasteiger partial charge >= 0.3 is 0 Å². The minimum absolute atomic E-state index is 0.379.